The molecule has 0 unspecified atom stereocenters. The van der Waals surface area contributed by atoms with E-state index in [-0.39, 0.29) is 23.8 Å². The Balaban J connectivity index is 0.000000309. The molecule has 60 heavy (non-hydrogen) atoms. The number of carbonyl (C=O) groups excluding carboxylic acids is 1. The molecule has 0 aromatic heterocycles. The second-order valence-corrected chi connectivity index (χ2v) is 24.6. The van der Waals surface area contributed by atoms with Gasteiger partial charge in [0, 0.05) is 0 Å². The van der Waals surface area contributed by atoms with E-state index >= 15 is 0 Å². The molecule has 5 heteroatoms. The maximum atomic E-state index is 7.50. The minimum atomic E-state index is -1.39. The van der Waals surface area contributed by atoms with E-state index in [0.717, 1.165) is 0 Å². The first kappa shape index (κ1) is 45.9. The van der Waals surface area contributed by atoms with Gasteiger partial charge >= 0.3 is 257 Å². The average Bonchev–Trinajstić information content (AvgIpc) is 3.34. The molecule has 0 atom stereocenters. The fourth-order valence-corrected chi connectivity index (χ4v) is 18.5. The monoisotopic (exact) mass is 1010 g/mol. The zero-order chi connectivity index (χ0) is 40.7. The van der Waals surface area contributed by atoms with Gasteiger partial charge in [-0.05, 0) is 23.8 Å². The Kier molecular flexibility index (Phi) is 20.0. The van der Waals surface area contributed by atoms with Crippen LogP contribution in [0.15, 0.2) is 273 Å². The van der Waals surface area contributed by atoms with Crippen molar-refractivity contribution in [1.29, 1.82) is 0 Å². The van der Waals surface area contributed by atoms with E-state index < -0.39 is 37.2 Å². The van der Waals surface area contributed by atoms with Crippen molar-refractivity contribution in [2.75, 3.05) is 0 Å². The third kappa shape index (κ3) is 13.4. The Morgan fingerprint density at radius 3 is 0.533 bits per heavy atom. The van der Waals surface area contributed by atoms with Crippen LogP contribution in [0, 0.1) is 0 Å². The summed E-state index contributed by atoms with van der Waals surface area (Å²) in [5, 5.41) is 4.19. The van der Waals surface area contributed by atoms with Crippen LogP contribution in [0.3, 0.4) is 0 Å². The van der Waals surface area contributed by atoms with Gasteiger partial charge in [0.15, 0.2) is 0 Å². The summed E-state index contributed by atoms with van der Waals surface area (Å²) in [6.45, 7) is 4.50. The number of benzene rings is 9. The third-order valence-corrected chi connectivity index (χ3v) is 21.8. The van der Waals surface area contributed by atoms with Gasteiger partial charge in [-0.3, -0.25) is 4.79 Å². The molecule has 9 rings (SSSR count). The van der Waals surface area contributed by atoms with Crippen molar-refractivity contribution in [2.24, 2.45) is 0 Å². The molecule has 0 amide bonds. The van der Waals surface area contributed by atoms with Gasteiger partial charge in [0.1, 0.15) is 0 Å². The summed E-state index contributed by atoms with van der Waals surface area (Å²) in [7, 11) is -0.446. The van der Waals surface area contributed by atoms with Crippen LogP contribution in [0.5, 0.6) is 0 Å². The second kappa shape index (κ2) is 26.1. The van der Waals surface area contributed by atoms with E-state index in [4.69, 9.17) is 4.79 Å². The summed E-state index contributed by atoms with van der Waals surface area (Å²) in [5.41, 5.74) is 0. The van der Waals surface area contributed by atoms with Gasteiger partial charge in [0.05, 0.1) is 0 Å². The van der Waals surface area contributed by atoms with Gasteiger partial charge in [0.25, 0.3) is 6.79 Å². The second-order valence-electron chi connectivity index (χ2n) is 13.0. The molecular formula is C55H48As2OPRh. The van der Waals surface area contributed by atoms with E-state index in [1.54, 1.807) is 0 Å². The van der Waals surface area contributed by atoms with Crippen LogP contribution < -0.4 is 42.0 Å². The fourth-order valence-electron chi connectivity index (χ4n) is 6.54. The fraction of sp³-hybridized carbons (Fsp3) is 0. The molecule has 9 aromatic carbocycles. The van der Waals surface area contributed by atoms with Crippen LogP contribution in [0.25, 0.3) is 0 Å². The van der Waals surface area contributed by atoms with Gasteiger partial charge in [-0.1, -0.05) is 91.0 Å². The number of hydrogen-bond donors (Lipinski definition) is 0. The van der Waals surface area contributed by atoms with Gasteiger partial charge in [-0.15, -0.1) is 0 Å². The van der Waals surface area contributed by atoms with Crippen LogP contribution >= 0.6 is 7.92 Å². The van der Waals surface area contributed by atoms with E-state index in [2.05, 4.69) is 280 Å². The van der Waals surface area contributed by atoms with Gasteiger partial charge in [-0.2, -0.15) is 0 Å². The summed E-state index contributed by atoms with van der Waals surface area (Å²) in [6, 6.07) is 97.7. The molecule has 298 valence electrons. The van der Waals surface area contributed by atoms with Crippen molar-refractivity contribution >= 4 is 86.0 Å². The first-order chi connectivity index (χ1) is 29.3. The summed E-state index contributed by atoms with van der Waals surface area (Å²) in [5.74, 6) is 0. The van der Waals surface area contributed by atoms with Crippen molar-refractivity contribution in [3.05, 3.63) is 273 Å². The van der Waals surface area contributed by atoms with Crippen LogP contribution in [0.2, 0.25) is 0 Å². The molecule has 0 bridgehead atoms. The van der Waals surface area contributed by atoms with Gasteiger partial charge in [-0.25, -0.2) is 0 Å². The Morgan fingerprint density at radius 1 is 0.250 bits per heavy atom. The Bertz CT molecular complexity index is 1910. The zero-order valence-corrected chi connectivity index (χ0v) is 39.4. The third-order valence-electron chi connectivity index (χ3n) is 9.13. The Hall–Kier alpha value is -5.18. The molecule has 1 nitrogen and oxygen atoms in total. The molecule has 9 aromatic rings. The Morgan fingerprint density at radius 2 is 0.383 bits per heavy atom. The first-order valence-corrected chi connectivity index (χ1v) is 26.4. The van der Waals surface area contributed by atoms with Crippen molar-refractivity contribution in [2.45, 2.75) is 0 Å². The molecule has 0 aliphatic rings. The van der Waals surface area contributed by atoms with Crippen molar-refractivity contribution in [1.82, 2.24) is 0 Å². The van der Waals surface area contributed by atoms with E-state index in [0.29, 0.717) is 0 Å². The molecule has 2 radical (unpaired) electrons. The SMILES string of the molecule is [C]=O.[H-].[H-].[H-].[Rh+3].c1ccc(P(c2ccccc2)c2ccccc2)cc1.c1ccc([As](c2ccccc2)c2ccccc2)cc1.c1ccc([As](c2ccccc2)c2ccccc2)cc1. The molecule has 0 heterocycles. The number of rotatable bonds is 9. The summed E-state index contributed by atoms with van der Waals surface area (Å²) in [6.07, 6.45) is 0. The molecule has 0 aliphatic heterocycles. The van der Waals surface area contributed by atoms with E-state index in [1.807, 2.05) is 0 Å². The van der Waals surface area contributed by atoms with E-state index in [9.17, 15) is 0 Å². The van der Waals surface area contributed by atoms with Crippen molar-refractivity contribution in [3.8, 4) is 0 Å². The molecule has 0 spiro atoms. The Labute approximate surface area is 384 Å². The van der Waals surface area contributed by atoms with Crippen molar-refractivity contribution < 1.29 is 28.6 Å². The predicted molar refractivity (Wildman–Crippen MR) is 262 cm³/mol. The quantitative estimate of drug-likeness (QED) is 0.107. The molecule has 0 aliphatic carbocycles. The first-order valence-electron chi connectivity index (χ1n) is 19.4. The predicted octanol–water partition coefficient (Wildman–Crippen LogP) is 7.79. The standard InChI is InChI=1S/2C18H15As.C18H15P.CO.Rh.3H/c3*1-4-10-16(11-5-1)19(17-12-6-2-7-13-17)18-14-8-3-9-15-18;1-2;;;;/h3*1-15H;;;;;/q;;;;+3;3*-1. The van der Waals surface area contributed by atoms with Crippen LogP contribution in [-0.2, 0) is 24.3 Å². The van der Waals surface area contributed by atoms with Crippen LogP contribution in [-0.4, -0.2) is 36.1 Å². The van der Waals surface area contributed by atoms with Gasteiger partial charge in [0.2, 0.25) is 0 Å². The molecule has 0 N–H and O–H groups in total. The summed E-state index contributed by atoms with van der Waals surface area (Å²) < 4.78 is 8.87. The minimum absolute atomic E-state index is 0. The van der Waals surface area contributed by atoms with Crippen molar-refractivity contribution in [3.63, 3.8) is 0 Å². The summed E-state index contributed by atoms with van der Waals surface area (Å²) >= 11 is -2.78. The zero-order valence-electron chi connectivity index (χ0n) is 36.1. The maximum absolute atomic E-state index is 7.50. The summed E-state index contributed by atoms with van der Waals surface area (Å²) in [4.78, 5) is 7.50. The van der Waals surface area contributed by atoms with Gasteiger partial charge < -0.3 is 4.28 Å². The molecule has 0 saturated heterocycles. The molecular weight excluding hydrogens is 960 g/mol. The van der Waals surface area contributed by atoms with E-state index in [1.165, 1.54) is 42.0 Å². The van der Waals surface area contributed by atoms with Crippen LogP contribution in [0.1, 0.15) is 4.28 Å². The normalized spacial score (nSPS) is 10.1. The van der Waals surface area contributed by atoms with Crippen LogP contribution in [0.4, 0.5) is 0 Å². The molecule has 0 fully saturated rings. The average molecular weight is 1010 g/mol. The number of hydrogen-bond acceptors (Lipinski definition) is 1. The topological polar surface area (TPSA) is 17.1 Å². The molecule has 0 saturated carbocycles.